The number of benzene rings is 2. The maximum Gasteiger partial charge on any atom is 0.303 e. The predicted octanol–water partition coefficient (Wildman–Crippen LogP) is 5.95. The van der Waals surface area contributed by atoms with E-state index in [1.165, 1.54) is 0 Å². The van der Waals surface area contributed by atoms with Crippen molar-refractivity contribution in [1.29, 1.82) is 0 Å². The van der Waals surface area contributed by atoms with Crippen LogP contribution in [0.3, 0.4) is 0 Å². The molecular weight excluding hydrogens is 404 g/mol. The summed E-state index contributed by atoms with van der Waals surface area (Å²) >= 11 is 6.36. The highest BCUT2D eigenvalue weighted by molar-refractivity contribution is 6.31. The smallest absolute Gasteiger partial charge is 0.303 e. The van der Waals surface area contributed by atoms with E-state index < -0.39 is 12.3 Å². The average Bonchev–Trinajstić information content (AvgIpc) is 2.76. The first-order chi connectivity index (χ1) is 14.6. The maximum absolute atomic E-state index is 10.6. The molecule has 1 unspecified atom stereocenters. The van der Waals surface area contributed by atoms with Gasteiger partial charge in [-0.3, -0.25) is 4.79 Å². The van der Waals surface area contributed by atoms with Gasteiger partial charge in [0.25, 0.3) is 0 Å². The maximum atomic E-state index is 10.6. The number of ether oxygens (including phenoxy) is 3. The molecule has 0 aromatic heterocycles. The minimum absolute atomic E-state index is 0.129. The molecule has 0 spiro atoms. The Morgan fingerprint density at radius 2 is 1.83 bits per heavy atom. The summed E-state index contributed by atoms with van der Waals surface area (Å²) in [6.07, 6.45) is 5.55. The number of carbonyl (C=O) groups is 1. The fourth-order valence-electron chi connectivity index (χ4n) is 3.63. The van der Waals surface area contributed by atoms with E-state index >= 15 is 0 Å². The third-order valence-electron chi connectivity index (χ3n) is 5.16. The van der Waals surface area contributed by atoms with E-state index in [1.807, 2.05) is 60.7 Å². The monoisotopic (exact) mass is 430 g/mol. The molecule has 1 fully saturated rings. The van der Waals surface area contributed by atoms with Crippen LogP contribution < -0.4 is 4.74 Å². The summed E-state index contributed by atoms with van der Waals surface area (Å²) in [5.74, 6) is 0.129. The van der Waals surface area contributed by atoms with Crippen molar-refractivity contribution in [2.45, 2.75) is 38.1 Å². The zero-order chi connectivity index (χ0) is 21.3. The number of hydrogen-bond acceptors (Lipinski definition) is 4. The Labute approximate surface area is 182 Å². The summed E-state index contributed by atoms with van der Waals surface area (Å²) in [6, 6.07) is 15.4. The number of hydrogen-bond donors (Lipinski definition) is 1. The van der Waals surface area contributed by atoms with Crippen molar-refractivity contribution in [3.8, 4) is 5.75 Å². The molecular formula is C24H27ClO5. The van der Waals surface area contributed by atoms with Crippen LogP contribution in [0.1, 0.15) is 49.2 Å². The van der Waals surface area contributed by atoms with E-state index in [0.717, 1.165) is 29.7 Å². The van der Waals surface area contributed by atoms with Gasteiger partial charge in [-0.1, -0.05) is 60.2 Å². The van der Waals surface area contributed by atoms with Crippen LogP contribution in [0.25, 0.3) is 0 Å². The topological polar surface area (TPSA) is 65.0 Å². The Bertz CT molecular complexity index is 866. The molecule has 1 aliphatic rings. The van der Waals surface area contributed by atoms with E-state index in [-0.39, 0.29) is 18.4 Å². The van der Waals surface area contributed by atoms with E-state index in [2.05, 4.69) is 0 Å². The number of carboxylic acids is 1. The van der Waals surface area contributed by atoms with Crippen LogP contribution in [-0.4, -0.2) is 24.8 Å². The molecule has 0 amide bonds. The van der Waals surface area contributed by atoms with Crippen LogP contribution in [0.2, 0.25) is 5.02 Å². The van der Waals surface area contributed by atoms with Crippen molar-refractivity contribution in [1.82, 2.24) is 0 Å². The zero-order valence-corrected chi connectivity index (χ0v) is 17.8. The van der Waals surface area contributed by atoms with Crippen LogP contribution in [-0.2, 0) is 14.3 Å². The molecule has 1 saturated heterocycles. The summed E-state index contributed by atoms with van der Waals surface area (Å²) in [7, 11) is 1.66. The van der Waals surface area contributed by atoms with Crippen LogP contribution in [0.4, 0.5) is 0 Å². The first-order valence-corrected chi connectivity index (χ1v) is 10.5. The number of para-hydroxylation sites is 1. The van der Waals surface area contributed by atoms with Gasteiger partial charge in [0.15, 0.2) is 6.29 Å². The molecule has 30 heavy (non-hydrogen) atoms. The lowest BCUT2D eigenvalue weighted by atomic mass is 9.90. The molecule has 2 aromatic carbocycles. The highest BCUT2D eigenvalue weighted by Crippen LogP contribution is 2.44. The van der Waals surface area contributed by atoms with Gasteiger partial charge in [0, 0.05) is 28.5 Å². The standard InChI is InChI=1S/C24H27ClO5/c1-28-21-14-9-7-12-19(21)23-17(10-4-2-3-5-15-22(26)27)16-29-24(30-23)18-11-6-8-13-20(18)25/h2-3,6-9,11-14,17,23-24H,4-5,10,15-16H2,1H3,(H,26,27)/t17-,23+,24?/m1/s1. The van der Waals surface area contributed by atoms with Gasteiger partial charge < -0.3 is 19.3 Å². The van der Waals surface area contributed by atoms with E-state index in [1.54, 1.807) is 7.11 Å². The molecule has 1 aliphatic heterocycles. The molecule has 3 atom stereocenters. The number of rotatable bonds is 9. The molecule has 160 valence electrons. The number of halogens is 1. The quantitative estimate of drug-likeness (QED) is 0.498. The lowest BCUT2D eigenvalue weighted by Gasteiger charge is -2.37. The molecule has 6 heteroatoms. The second-order valence-electron chi connectivity index (χ2n) is 7.23. The zero-order valence-electron chi connectivity index (χ0n) is 17.0. The number of allylic oxidation sites excluding steroid dienone is 2. The molecule has 1 N–H and O–H groups in total. The highest BCUT2D eigenvalue weighted by Gasteiger charge is 2.35. The van der Waals surface area contributed by atoms with Crippen LogP contribution in [0, 0.1) is 5.92 Å². The lowest BCUT2D eigenvalue weighted by Crippen LogP contribution is -2.31. The Morgan fingerprint density at radius 1 is 1.13 bits per heavy atom. The van der Waals surface area contributed by atoms with E-state index in [9.17, 15) is 4.79 Å². The van der Waals surface area contributed by atoms with Crippen LogP contribution in [0.15, 0.2) is 60.7 Å². The van der Waals surface area contributed by atoms with Gasteiger partial charge in [0.1, 0.15) is 5.75 Å². The Morgan fingerprint density at radius 3 is 2.57 bits per heavy atom. The number of methoxy groups -OCH3 is 1. The Hall–Kier alpha value is -2.34. The van der Waals surface area contributed by atoms with Crippen molar-refractivity contribution in [3.05, 3.63) is 76.8 Å². The minimum Gasteiger partial charge on any atom is -0.496 e. The summed E-state index contributed by atoms with van der Waals surface area (Å²) in [5.41, 5.74) is 1.80. The first-order valence-electron chi connectivity index (χ1n) is 10.1. The summed E-state index contributed by atoms with van der Waals surface area (Å²) < 4.78 is 18.0. The van der Waals surface area contributed by atoms with Gasteiger partial charge in [-0.2, -0.15) is 0 Å². The molecule has 0 saturated carbocycles. The molecule has 0 bridgehead atoms. The van der Waals surface area contributed by atoms with Gasteiger partial charge in [0.2, 0.25) is 0 Å². The van der Waals surface area contributed by atoms with E-state index in [0.29, 0.717) is 18.1 Å². The SMILES string of the molecule is COc1ccccc1[C@H]1OC(c2ccccc2Cl)OC[C@H]1CCC=CCCC(=O)O. The van der Waals surface area contributed by atoms with Crippen molar-refractivity contribution in [2.24, 2.45) is 5.92 Å². The van der Waals surface area contributed by atoms with Crippen molar-refractivity contribution < 1.29 is 24.1 Å². The largest absolute Gasteiger partial charge is 0.496 e. The molecule has 0 aliphatic carbocycles. The molecule has 0 radical (unpaired) electrons. The minimum atomic E-state index is -0.782. The van der Waals surface area contributed by atoms with Gasteiger partial charge in [-0.25, -0.2) is 0 Å². The second kappa shape index (κ2) is 11.2. The third-order valence-corrected chi connectivity index (χ3v) is 5.50. The third kappa shape index (κ3) is 5.85. The van der Waals surface area contributed by atoms with Gasteiger partial charge in [-0.05, 0) is 31.4 Å². The van der Waals surface area contributed by atoms with Gasteiger partial charge >= 0.3 is 5.97 Å². The second-order valence-corrected chi connectivity index (χ2v) is 7.63. The first kappa shape index (κ1) is 22.3. The summed E-state index contributed by atoms with van der Waals surface area (Å²) in [6.45, 7) is 0.529. The summed E-state index contributed by atoms with van der Waals surface area (Å²) in [4.78, 5) is 10.6. The number of carboxylic acid groups (broad SMARTS) is 1. The molecule has 1 heterocycles. The normalized spacial score (nSPS) is 21.6. The fourth-order valence-corrected chi connectivity index (χ4v) is 3.85. The average molecular weight is 431 g/mol. The molecule has 2 aromatic rings. The predicted molar refractivity (Wildman–Crippen MR) is 116 cm³/mol. The van der Waals surface area contributed by atoms with Crippen molar-refractivity contribution in [2.75, 3.05) is 13.7 Å². The molecule has 5 nitrogen and oxygen atoms in total. The highest BCUT2D eigenvalue weighted by atomic mass is 35.5. The van der Waals surface area contributed by atoms with Crippen molar-refractivity contribution in [3.63, 3.8) is 0 Å². The van der Waals surface area contributed by atoms with Crippen LogP contribution in [0.5, 0.6) is 5.75 Å². The lowest BCUT2D eigenvalue weighted by molar-refractivity contribution is -0.245. The Kier molecular flexibility index (Phi) is 8.31. The van der Waals surface area contributed by atoms with Gasteiger partial charge in [0.05, 0.1) is 19.8 Å². The summed E-state index contributed by atoms with van der Waals surface area (Å²) in [5, 5.41) is 9.35. The van der Waals surface area contributed by atoms with Crippen molar-refractivity contribution >= 4 is 17.6 Å². The number of aliphatic carboxylic acids is 1. The fraction of sp³-hybridized carbons (Fsp3) is 0.375. The van der Waals surface area contributed by atoms with Gasteiger partial charge in [-0.15, -0.1) is 0 Å². The molecule has 3 rings (SSSR count). The Balaban J connectivity index is 1.75. The van der Waals surface area contributed by atoms with Crippen LogP contribution >= 0.6 is 11.6 Å². The van der Waals surface area contributed by atoms with E-state index in [4.69, 9.17) is 30.9 Å².